The maximum Gasteiger partial charge on any atom is -0.00877 e. The standard InChI is InChI=1S/C18H17/c1-3-9-15-13-8-14-16(10-4-2)18(15)17-11-6-5-7-12-17/h3-8,11-13H,1-2,9-10H2. The lowest BCUT2D eigenvalue weighted by Gasteiger charge is -2.13. The first-order valence-electron chi connectivity index (χ1n) is 6.16. The van der Waals surface area contributed by atoms with Gasteiger partial charge < -0.3 is 0 Å². The van der Waals surface area contributed by atoms with Crippen molar-refractivity contribution in [3.05, 3.63) is 85.0 Å². The van der Waals surface area contributed by atoms with Crippen LogP contribution in [0, 0.1) is 6.07 Å². The molecule has 2 aromatic carbocycles. The molecule has 18 heavy (non-hydrogen) atoms. The maximum absolute atomic E-state index is 3.84. The largest absolute Gasteiger partial charge is 0.103 e. The van der Waals surface area contributed by atoms with Crippen molar-refractivity contribution in [2.24, 2.45) is 0 Å². The van der Waals surface area contributed by atoms with Crippen LogP contribution in [-0.2, 0) is 12.8 Å². The maximum atomic E-state index is 3.84. The monoisotopic (exact) mass is 233 g/mol. The zero-order valence-electron chi connectivity index (χ0n) is 10.5. The number of hydrogen-bond donors (Lipinski definition) is 0. The lowest BCUT2D eigenvalue weighted by molar-refractivity contribution is 1.20. The predicted molar refractivity (Wildman–Crippen MR) is 78.5 cm³/mol. The van der Waals surface area contributed by atoms with Gasteiger partial charge in [-0.1, -0.05) is 54.6 Å². The second-order valence-electron chi connectivity index (χ2n) is 4.21. The van der Waals surface area contributed by atoms with Crippen molar-refractivity contribution in [3.63, 3.8) is 0 Å². The first-order valence-corrected chi connectivity index (χ1v) is 6.16. The van der Waals surface area contributed by atoms with E-state index in [0.29, 0.717) is 0 Å². The van der Waals surface area contributed by atoms with E-state index in [1.807, 2.05) is 24.3 Å². The molecule has 89 valence electrons. The third-order valence-corrected chi connectivity index (χ3v) is 2.94. The fourth-order valence-electron chi connectivity index (χ4n) is 2.19. The molecule has 0 atom stereocenters. The van der Waals surface area contributed by atoms with Gasteiger partial charge in [0, 0.05) is 0 Å². The molecule has 2 rings (SSSR count). The normalized spacial score (nSPS) is 10.0. The Balaban J connectivity index is 2.59. The van der Waals surface area contributed by atoms with Gasteiger partial charge in [0.2, 0.25) is 0 Å². The van der Waals surface area contributed by atoms with Crippen LogP contribution in [0.4, 0.5) is 0 Å². The van der Waals surface area contributed by atoms with Crippen LogP contribution in [0.2, 0.25) is 0 Å². The van der Waals surface area contributed by atoms with Crippen molar-refractivity contribution in [1.82, 2.24) is 0 Å². The zero-order valence-corrected chi connectivity index (χ0v) is 10.5. The van der Waals surface area contributed by atoms with Crippen LogP contribution in [0.3, 0.4) is 0 Å². The van der Waals surface area contributed by atoms with Crippen molar-refractivity contribution in [1.29, 1.82) is 0 Å². The van der Waals surface area contributed by atoms with Gasteiger partial charge in [0.25, 0.3) is 0 Å². The fourth-order valence-corrected chi connectivity index (χ4v) is 2.19. The van der Waals surface area contributed by atoms with Gasteiger partial charge in [0.15, 0.2) is 0 Å². The minimum Gasteiger partial charge on any atom is -0.103 e. The van der Waals surface area contributed by atoms with Gasteiger partial charge in [-0.2, -0.15) is 0 Å². The first-order chi connectivity index (χ1) is 8.86. The fraction of sp³-hybridized carbons (Fsp3) is 0.111. The summed E-state index contributed by atoms with van der Waals surface area (Å²) in [5, 5.41) is 0. The van der Waals surface area contributed by atoms with Gasteiger partial charge in [-0.3, -0.25) is 0 Å². The Kier molecular flexibility index (Phi) is 4.14. The molecule has 1 radical (unpaired) electrons. The van der Waals surface area contributed by atoms with Crippen molar-refractivity contribution >= 4 is 0 Å². The molecular formula is C18H17. The minimum atomic E-state index is 0.842. The molecule has 0 amide bonds. The van der Waals surface area contributed by atoms with E-state index in [-0.39, 0.29) is 0 Å². The Hall–Kier alpha value is -2.08. The molecule has 0 nitrogen and oxygen atoms in total. The van der Waals surface area contributed by atoms with Crippen LogP contribution < -0.4 is 0 Å². The van der Waals surface area contributed by atoms with E-state index in [9.17, 15) is 0 Å². The number of hydrogen-bond acceptors (Lipinski definition) is 0. The van der Waals surface area contributed by atoms with E-state index in [1.165, 1.54) is 22.3 Å². The molecule has 0 aliphatic heterocycles. The van der Waals surface area contributed by atoms with Gasteiger partial charge in [-0.25, -0.2) is 0 Å². The molecule has 0 fully saturated rings. The second kappa shape index (κ2) is 6.02. The van der Waals surface area contributed by atoms with Crippen molar-refractivity contribution < 1.29 is 0 Å². The SMILES string of the molecule is C=CCc1[c]ccc(CC=C)c1-c1ccccc1. The van der Waals surface area contributed by atoms with E-state index in [2.05, 4.69) is 49.6 Å². The van der Waals surface area contributed by atoms with E-state index in [0.717, 1.165) is 12.8 Å². The quantitative estimate of drug-likeness (QED) is 0.661. The summed E-state index contributed by atoms with van der Waals surface area (Å²) in [6, 6.07) is 17.9. The highest BCUT2D eigenvalue weighted by Crippen LogP contribution is 2.28. The predicted octanol–water partition coefficient (Wildman–Crippen LogP) is 4.61. The molecule has 0 spiro atoms. The lowest BCUT2D eigenvalue weighted by Crippen LogP contribution is -1.95. The molecule has 0 aromatic heterocycles. The van der Waals surface area contributed by atoms with Crippen LogP contribution in [0.15, 0.2) is 67.8 Å². The van der Waals surface area contributed by atoms with Gasteiger partial charge in [-0.05, 0) is 41.2 Å². The van der Waals surface area contributed by atoms with Crippen LogP contribution >= 0.6 is 0 Å². The molecule has 0 bridgehead atoms. The van der Waals surface area contributed by atoms with E-state index in [1.54, 1.807) is 0 Å². The summed E-state index contributed by atoms with van der Waals surface area (Å²) in [5.41, 5.74) is 5.02. The molecule has 0 saturated carbocycles. The highest BCUT2D eigenvalue weighted by atomic mass is 14.1. The molecule has 0 aliphatic carbocycles. The highest BCUT2D eigenvalue weighted by molar-refractivity contribution is 5.71. The molecule has 0 aliphatic rings. The second-order valence-corrected chi connectivity index (χ2v) is 4.21. The van der Waals surface area contributed by atoms with Gasteiger partial charge in [0.1, 0.15) is 0 Å². The smallest absolute Gasteiger partial charge is 0.00877 e. The summed E-state index contributed by atoms with van der Waals surface area (Å²) < 4.78 is 0. The first kappa shape index (κ1) is 12.4. The van der Waals surface area contributed by atoms with Crippen molar-refractivity contribution in [3.8, 4) is 11.1 Å². The Morgan fingerprint density at radius 3 is 2.33 bits per heavy atom. The summed E-state index contributed by atoms with van der Waals surface area (Å²) in [6.07, 6.45) is 5.59. The summed E-state index contributed by atoms with van der Waals surface area (Å²) in [6.45, 7) is 7.66. The highest BCUT2D eigenvalue weighted by Gasteiger charge is 2.08. The molecule has 0 heterocycles. The van der Waals surface area contributed by atoms with Crippen molar-refractivity contribution in [2.75, 3.05) is 0 Å². The average molecular weight is 233 g/mol. The van der Waals surface area contributed by atoms with E-state index in [4.69, 9.17) is 0 Å². The summed E-state index contributed by atoms with van der Waals surface area (Å²) in [5.74, 6) is 0. The number of allylic oxidation sites excluding steroid dienone is 2. The van der Waals surface area contributed by atoms with Crippen LogP contribution in [0.1, 0.15) is 11.1 Å². The third-order valence-electron chi connectivity index (χ3n) is 2.94. The third kappa shape index (κ3) is 2.60. The average Bonchev–Trinajstić information content (AvgIpc) is 2.41. The molecule has 0 saturated heterocycles. The van der Waals surface area contributed by atoms with Crippen molar-refractivity contribution in [2.45, 2.75) is 12.8 Å². The lowest BCUT2D eigenvalue weighted by atomic mass is 9.91. The topological polar surface area (TPSA) is 0 Å². The Labute approximate surface area is 109 Å². The molecule has 2 aromatic rings. The summed E-state index contributed by atoms with van der Waals surface area (Å²) >= 11 is 0. The number of benzene rings is 2. The van der Waals surface area contributed by atoms with E-state index < -0.39 is 0 Å². The van der Waals surface area contributed by atoms with E-state index >= 15 is 0 Å². The summed E-state index contributed by atoms with van der Waals surface area (Å²) in [4.78, 5) is 0. The molecular weight excluding hydrogens is 216 g/mol. The Morgan fingerprint density at radius 1 is 0.944 bits per heavy atom. The molecule has 0 heteroatoms. The van der Waals surface area contributed by atoms with Gasteiger partial charge >= 0.3 is 0 Å². The zero-order chi connectivity index (χ0) is 12.8. The molecule has 0 N–H and O–H groups in total. The number of rotatable bonds is 5. The molecule has 0 unspecified atom stereocenters. The Morgan fingerprint density at radius 2 is 1.67 bits per heavy atom. The van der Waals surface area contributed by atoms with Gasteiger partial charge in [-0.15, -0.1) is 13.2 Å². The Bertz CT molecular complexity index is 507. The van der Waals surface area contributed by atoms with Crippen LogP contribution in [0.25, 0.3) is 11.1 Å². The summed E-state index contributed by atoms with van der Waals surface area (Å²) in [7, 11) is 0. The van der Waals surface area contributed by atoms with Crippen LogP contribution in [0.5, 0.6) is 0 Å². The minimum absolute atomic E-state index is 0.842. The van der Waals surface area contributed by atoms with Gasteiger partial charge in [0.05, 0.1) is 0 Å². The van der Waals surface area contributed by atoms with Crippen LogP contribution in [-0.4, -0.2) is 0 Å².